The summed E-state index contributed by atoms with van der Waals surface area (Å²) < 4.78 is 10.3. The first-order valence-electron chi connectivity index (χ1n) is 4.40. The van der Waals surface area contributed by atoms with Crippen molar-refractivity contribution in [3.63, 3.8) is 0 Å². The molecule has 1 heterocycles. The van der Waals surface area contributed by atoms with Crippen LogP contribution in [0.1, 0.15) is 19.8 Å². The van der Waals surface area contributed by atoms with E-state index < -0.39 is 0 Å². The van der Waals surface area contributed by atoms with Gasteiger partial charge >= 0.3 is 5.97 Å². The predicted molar refractivity (Wildman–Crippen MR) is 47.9 cm³/mol. The molecule has 4 nitrogen and oxygen atoms in total. The van der Waals surface area contributed by atoms with Crippen LogP contribution in [0.25, 0.3) is 0 Å². The summed E-state index contributed by atoms with van der Waals surface area (Å²) in [7, 11) is 0. The number of nitrogens with two attached hydrogens (primary N) is 1. The molecule has 1 aliphatic rings. The molecular formula is C9H15NO3. The Labute approximate surface area is 77.7 Å². The highest BCUT2D eigenvalue weighted by atomic mass is 16.5. The summed E-state index contributed by atoms with van der Waals surface area (Å²) in [5, 5.41) is 0. The third-order valence-electron chi connectivity index (χ3n) is 1.80. The maximum absolute atomic E-state index is 11.1. The number of hydrogen-bond donors (Lipinski definition) is 1. The average molecular weight is 185 g/mol. The van der Waals surface area contributed by atoms with Crippen molar-refractivity contribution in [3.05, 3.63) is 11.8 Å². The minimum Gasteiger partial charge on any atom is -0.459 e. The maximum Gasteiger partial charge on any atom is 0.332 e. The SMILES string of the molecule is CC(N)=CC(=O)OC1CCOCC1. The van der Waals surface area contributed by atoms with Crippen molar-refractivity contribution >= 4 is 5.97 Å². The van der Waals surface area contributed by atoms with Crippen LogP contribution in [-0.4, -0.2) is 25.3 Å². The van der Waals surface area contributed by atoms with E-state index in [-0.39, 0.29) is 12.1 Å². The molecule has 1 saturated heterocycles. The molecule has 1 rings (SSSR count). The summed E-state index contributed by atoms with van der Waals surface area (Å²) in [5.74, 6) is -0.355. The molecule has 0 aromatic rings. The van der Waals surface area contributed by atoms with E-state index in [1.54, 1.807) is 6.92 Å². The van der Waals surface area contributed by atoms with Crippen LogP contribution in [0.4, 0.5) is 0 Å². The van der Waals surface area contributed by atoms with Gasteiger partial charge in [-0.25, -0.2) is 4.79 Å². The zero-order chi connectivity index (χ0) is 9.68. The van der Waals surface area contributed by atoms with E-state index in [9.17, 15) is 4.79 Å². The zero-order valence-corrected chi connectivity index (χ0v) is 7.79. The fourth-order valence-electron chi connectivity index (χ4n) is 1.18. The van der Waals surface area contributed by atoms with E-state index in [2.05, 4.69) is 0 Å². The molecule has 13 heavy (non-hydrogen) atoms. The van der Waals surface area contributed by atoms with Gasteiger partial charge in [0.2, 0.25) is 0 Å². The fourth-order valence-corrected chi connectivity index (χ4v) is 1.18. The Bertz CT molecular complexity index is 203. The highest BCUT2D eigenvalue weighted by Gasteiger charge is 2.16. The van der Waals surface area contributed by atoms with Crippen LogP contribution in [-0.2, 0) is 14.3 Å². The van der Waals surface area contributed by atoms with Crippen LogP contribution < -0.4 is 5.73 Å². The van der Waals surface area contributed by atoms with Crippen molar-refractivity contribution in [2.24, 2.45) is 5.73 Å². The van der Waals surface area contributed by atoms with Crippen molar-refractivity contribution in [3.8, 4) is 0 Å². The normalized spacial score (nSPS) is 19.9. The molecule has 0 aromatic heterocycles. The van der Waals surface area contributed by atoms with Gasteiger partial charge in [0.1, 0.15) is 6.10 Å². The number of carbonyl (C=O) groups excluding carboxylic acids is 1. The number of allylic oxidation sites excluding steroid dienone is 1. The molecule has 0 aliphatic carbocycles. The summed E-state index contributed by atoms with van der Waals surface area (Å²) in [6.07, 6.45) is 2.86. The summed E-state index contributed by atoms with van der Waals surface area (Å²) in [6, 6.07) is 0. The number of hydrogen-bond acceptors (Lipinski definition) is 4. The van der Waals surface area contributed by atoms with Crippen LogP contribution in [0.15, 0.2) is 11.8 Å². The Kier molecular flexibility index (Phi) is 3.76. The van der Waals surface area contributed by atoms with E-state index in [1.165, 1.54) is 6.08 Å². The van der Waals surface area contributed by atoms with Gasteiger partial charge in [-0.05, 0) is 6.92 Å². The molecule has 4 heteroatoms. The summed E-state index contributed by atoms with van der Waals surface area (Å²) in [4.78, 5) is 11.1. The lowest BCUT2D eigenvalue weighted by Gasteiger charge is -2.21. The van der Waals surface area contributed by atoms with Crippen molar-refractivity contribution in [1.82, 2.24) is 0 Å². The molecule has 74 valence electrons. The van der Waals surface area contributed by atoms with Crippen molar-refractivity contribution in [2.45, 2.75) is 25.9 Å². The smallest absolute Gasteiger partial charge is 0.332 e. The quantitative estimate of drug-likeness (QED) is 0.504. The van der Waals surface area contributed by atoms with Crippen LogP contribution >= 0.6 is 0 Å². The zero-order valence-electron chi connectivity index (χ0n) is 7.79. The number of rotatable bonds is 2. The second-order valence-corrected chi connectivity index (χ2v) is 3.14. The monoisotopic (exact) mass is 185 g/mol. The molecule has 1 aliphatic heterocycles. The summed E-state index contributed by atoms with van der Waals surface area (Å²) >= 11 is 0. The summed E-state index contributed by atoms with van der Waals surface area (Å²) in [6.45, 7) is 3.00. The Hall–Kier alpha value is -1.03. The van der Waals surface area contributed by atoms with Gasteiger partial charge in [0, 0.05) is 24.6 Å². The molecule has 0 amide bonds. The van der Waals surface area contributed by atoms with Gasteiger partial charge in [-0.1, -0.05) is 0 Å². The first-order chi connectivity index (χ1) is 6.18. The van der Waals surface area contributed by atoms with Crippen LogP contribution in [0, 0.1) is 0 Å². The third-order valence-corrected chi connectivity index (χ3v) is 1.80. The summed E-state index contributed by atoms with van der Waals surface area (Å²) in [5.41, 5.74) is 5.80. The molecule has 0 saturated carbocycles. The van der Waals surface area contributed by atoms with Gasteiger partial charge < -0.3 is 15.2 Å². The molecular weight excluding hydrogens is 170 g/mol. The van der Waals surface area contributed by atoms with Crippen molar-refractivity contribution < 1.29 is 14.3 Å². The molecule has 0 radical (unpaired) electrons. The van der Waals surface area contributed by atoms with Crippen LogP contribution in [0.3, 0.4) is 0 Å². The molecule has 0 atom stereocenters. The standard InChI is InChI=1S/C9H15NO3/c1-7(10)6-9(11)13-8-2-4-12-5-3-8/h6,8H,2-5,10H2,1H3. The lowest BCUT2D eigenvalue weighted by atomic mass is 10.1. The first kappa shape index (κ1) is 10.1. The second-order valence-electron chi connectivity index (χ2n) is 3.14. The van der Waals surface area contributed by atoms with E-state index in [4.69, 9.17) is 15.2 Å². The topological polar surface area (TPSA) is 61.6 Å². The molecule has 0 spiro atoms. The van der Waals surface area contributed by atoms with Gasteiger partial charge in [-0.2, -0.15) is 0 Å². The van der Waals surface area contributed by atoms with Gasteiger partial charge in [0.05, 0.1) is 13.2 Å². The Balaban J connectivity index is 2.30. The second kappa shape index (κ2) is 4.87. The maximum atomic E-state index is 11.1. The first-order valence-corrected chi connectivity index (χ1v) is 4.40. The van der Waals surface area contributed by atoms with Crippen molar-refractivity contribution in [1.29, 1.82) is 0 Å². The lowest BCUT2D eigenvalue weighted by molar-refractivity contribution is -0.147. The van der Waals surface area contributed by atoms with Gasteiger partial charge in [0.15, 0.2) is 0 Å². The highest BCUT2D eigenvalue weighted by Crippen LogP contribution is 2.10. The van der Waals surface area contributed by atoms with Crippen LogP contribution in [0.2, 0.25) is 0 Å². The van der Waals surface area contributed by atoms with E-state index in [0.29, 0.717) is 18.9 Å². The van der Waals surface area contributed by atoms with E-state index in [1.807, 2.05) is 0 Å². The lowest BCUT2D eigenvalue weighted by Crippen LogP contribution is -2.25. The van der Waals surface area contributed by atoms with Gasteiger partial charge in [-0.3, -0.25) is 0 Å². The minimum atomic E-state index is -0.355. The highest BCUT2D eigenvalue weighted by molar-refractivity contribution is 5.82. The van der Waals surface area contributed by atoms with E-state index in [0.717, 1.165) is 12.8 Å². The van der Waals surface area contributed by atoms with Gasteiger partial charge in [0.25, 0.3) is 0 Å². The van der Waals surface area contributed by atoms with E-state index >= 15 is 0 Å². The Morgan fingerprint density at radius 1 is 1.54 bits per heavy atom. The largest absolute Gasteiger partial charge is 0.459 e. The molecule has 0 bridgehead atoms. The molecule has 0 unspecified atom stereocenters. The minimum absolute atomic E-state index is 0.00292. The molecule has 1 fully saturated rings. The molecule has 0 aromatic carbocycles. The number of esters is 1. The number of carbonyl (C=O) groups is 1. The van der Waals surface area contributed by atoms with Crippen LogP contribution in [0.5, 0.6) is 0 Å². The third kappa shape index (κ3) is 3.94. The average Bonchev–Trinajstić information content (AvgIpc) is 2.04. The Morgan fingerprint density at radius 3 is 2.69 bits per heavy atom. The molecule has 2 N–H and O–H groups in total. The Morgan fingerprint density at radius 2 is 2.15 bits per heavy atom. The predicted octanol–water partition coefficient (Wildman–Crippen LogP) is 0.571. The number of ether oxygens (including phenoxy) is 2. The van der Waals surface area contributed by atoms with Crippen molar-refractivity contribution in [2.75, 3.05) is 13.2 Å². The fraction of sp³-hybridized carbons (Fsp3) is 0.667. The van der Waals surface area contributed by atoms with Gasteiger partial charge in [-0.15, -0.1) is 0 Å².